The SMILES string of the molecule is COc1cc2c3c(c(C4CCCC4)nc2cc1OCCCC(=O)ON1CCCC1)CCC3. The monoisotopic (exact) mass is 438 g/mol. The van der Waals surface area contributed by atoms with Crippen molar-refractivity contribution in [2.45, 2.75) is 76.5 Å². The lowest BCUT2D eigenvalue weighted by molar-refractivity contribution is -0.185. The normalized spacial score (nSPS) is 18.9. The number of hydroxylamine groups is 2. The lowest BCUT2D eigenvalue weighted by Crippen LogP contribution is -2.24. The minimum Gasteiger partial charge on any atom is -0.493 e. The summed E-state index contributed by atoms with van der Waals surface area (Å²) in [7, 11) is 1.68. The lowest BCUT2D eigenvalue weighted by Gasteiger charge is -2.18. The van der Waals surface area contributed by atoms with Gasteiger partial charge in [-0.25, -0.2) is 0 Å². The Morgan fingerprint density at radius 2 is 1.81 bits per heavy atom. The summed E-state index contributed by atoms with van der Waals surface area (Å²) >= 11 is 0. The average molecular weight is 439 g/mol. The first-order chi connectivity index (χ1) is 15.7. The minimum atomic E-state index is -0.181. The molecule has 0 N–H and O–H groups in total. The van der Waals surface area contributed by atoms with Crippen molar-refractivity contribution in [3.05, 3.63) is 29.0 Å². The van der Waals surface area contributed by atoms with Crippen molar-refractivity contribution >= 4 is 16.9 Å². The maximum absolute atomic E-state index is 12.0. The van der Waals surface area contributed by atoms with E-state index >= 15 is 0 Å². The van der Waals surface area contributed by atoms with E-state index in [0.29, 0.717) is 31.1 Å². The fourth-order valence-electron chi connectivity index (χ4n) is 5.58. The number of nitrogens with zero attached hydrogens (tertiary/aromatic N) is 2. The van der Waals surface area contributed by atoms with Crippen LogP contribution in [0, 0.1) is 0 Å². The van der Waals surface area contributed by atoms with Crippen molar-refractivity contribution in [1.82, 2.24) is 10.0 Å². The van der Waals surface area contributed by atoms with Crippen LogP contribution < -0.4 is 9.47 Å². The number of carbonyl (C=O) groups is 1. The van der Waals surface area contributed by atoms with Crippen LogP contribution in [0.15, 0.2) is 12.1 Å². The molecule has 0 atom stereocenters. The predicted octanol–water partition coefficient (Wildman–Crippen LogP) is 5.10. The third kappa shape index (κ3) is 4.42. The zero-order chi connectivity index (χ0) is 21.9. The Morgan fingerprint density at radius 1 is 1.03 bits per heavy atom. The van der Waals surface area contributed by atoms with Crippen molar-refractivity contribution in [3.8, 4) is 11.5 Å². The zero-order valence-corrected chi connectivity index (χ0v) is 19.2. The molecular weight excluding hydrogens is 404 g/mol. The van der Waals surface area contributed by atoms with Gasteiger partial charge in [0.05, 0.1) is 25.7 Å². The highest BCUT2D eigenvalue weighted by Gasteiger charge is 2.27. The summed E-state index contributed by atoms with van der Waals surface area (Å²) < 4.78 is 11.7. The van der Waals surface area contributed by atoms with E-state index in [-0.39, 0.29) is 5.97 Å². The van der Waals surface area contributed by atoms with E-state index in [9.17, 15) is 4.79 Å². The first-order valence-electron chi connectivity index (χ1n) is 12.3. The zero-order valence-electron chi connectivity index (χ0n) is 19.2. The Morgan fingerprint density at radius 3 is 2.59 bits per heavy atom. The van der Waals surface area contributed by atoms with Gasteiger partial charge in [0.2, 0.25) is 0 Å². The van der Waals surface area contributed by atoms with Gasteiger partial charge in [0.15, 0.2) is 11.5 Å². The molecule has 172 valence electrons. The van der Waals surface area contributed by atoms with Crippen LogP contribution >= 0.6 is 0 Å². The quantitative estimate of drug-likeness (QED) is 0.534. The average Bonchev–Trinajstić information content (AvgIpc) is 3.58. The van der Waals surface area contributed by atoms with Crippen LogP contribution in [0.25, 0.3) is 10.9 Å². The van der Waals surface area contributed by atoms with Crippen molar-refractivity contribution in [2.24, 2.45) is 0 Å². The third-order valence-corrected chi connectivity index (χ3v) is 7.20. The molecule has 2 aromatic rings. The molecule has 3 aliphatic rings. The van der Waals surface area contributed by atoms with Gasteiger partial charge in [-0.3, -0.25) is 9.78 Å². The first-order valence-corrected chi connectivity index (χ1v) is 12.3. The van der Waals surface area contributed by atoms with Crippen LogP contribution in [0.3, 0.4) is 0 Å². The number of hydrogen-bond donors (Lipinski definition) is 0. The molecule has 1 saturated heterocycles. The standard InChI is InChI=1S/C26H34N2O4/c1-30-23-16-21-19-10-6-11-20(19)26(18-8-2-3-9-18)27-22(21)17-24(23)31-15-7-12-25(29)32-28-13-4-5-14-28/h16-18H,2-15H2,1H3. The van der Waals surface area contributed by atoms with Gasteiger partial charge in [0.1, 0.15) is 0 Å². The summed E-state index contributed by atoms with van der Waals surface area (Å²) in [6.07, 6.45) is 11.8. The Balaban J connectivity index is 1.30. The predicted molar refractivity (Wildman–Crippen MR) is 123 cm³/mol. The summed E-state index contributed by atoms with van der Waals surface area (Å²) in [4.78, 5) is 22.6. The second-order valence-corrected chi connectivity index (χ2v) is 9.36. The molecule has 2 heterocycles. The Hall–Kier alpha value is -2.34. The molecule has 1 aromatic carbocycles. The molecule has 0 spiro atoms. The number of fused-ring (bicyclic) bond motifs is 3. The number of rotatable bonds is 8. The van der Waals surface area contributed by atoms with Gasteiger partial charge < -0.3 is 14.3 Å². The van der Waals surface area contributed by atoms with E-state index in [1.165, 1.54) is 54.3 Å². The number of aryl methyl sites for hydroxylation is 1. The molecule has 6 heteroatoms. The molecule has 2 aliphatic carbocycles. The fourth-order valence-corrected chi connectivity index (χ4v) is 5.58. The lowest BCUT2D eigenvalue weighted by atomic mass is 9.94. The van der Waals surface area contributed by atoms with Gasteiger partial charge in [-0.2, -0.15) is 0 Å². The molecule has 1 saturated carbocycles. The van der Waals surface area contributed by atoms with E-state index < -0.39 is 0 Å². The molecule has 5 rings (SSSR count). The summed E-state index contributed by atoms with van der Waals surface area (Å²) in [6, 6.07) is 4.13. The highest BCUT2D eigenvalue weighted by molar-refractivity contribution is 5.87. The van der Waals surface area contributed by atoms with Crippen LogP contribution in [0.5, 0.6) is 11.5 Å². The number of methoxy groups -OCH3 is 1. The molecule has 0 amide bonds. The molecule has 32 heavy (non-hydrogen) atoms. The van der Waals surface area contributed by atoms with Gasteiger partial charge in [-0.15, -0.1) is 5.06 Å². The van der Waals surface area contributed by atoms with E-state index in [1.54, 1.807) is 12.2 Å². The largest absolute Gasteiger partial charge is 0.493 e. The van der Waals surface area contributed by atoms with Gasteiger partial charge >= 0.3 is 5.97 Å². The van der Waals surface area contributed by atoms with E-state index in [0.717, 1.165) is 50.0 Å². The third-order valence-electron chi connectivity index (χ3n) is 7.20. The van der Waals surface area contributed by atoms with Crippen LogP contribution in [0.1, 0.15) is 80.5 Å². The van der Waals surface area contributed by atoms with Crippen molar-refractivity contribution in [1.29, 1.82) is 0 Å². The summed E-state index contributed by atoms with van der Waals surface area (Å²) in [5, 5.41) is 2.97. The first kappa shape index (κ1) is 21.5. The second kappa shape index (κ2) is 9.65. The van der Waals surface area contributed by atoms with Crippen LogP contribution in [0.2, 0.25) is 0 Å². The topological polar surface area (TPSA) is 60.9 Å². The van der Waals surface area contributed by atoms with Gasteiger partial charge in [-0.05, 0) is 68.6 Å². The highest BCUT2D eigenvalue weighted by Crippen LogP contribution is 2.42. The maximum Gasteiger partial charge on any atom is 0.325 e. The van der Waals surface area contributed by atoms with E-state index in [1.807, 2.05) is 6.07 Å². The number of hydrogen-bond acceptors (Lipinski definition) is 6. The molecular formula is C26H34N2O4. The van der Waals surface area contributed by atoms with Gasteiger partial charge in [0.25, 0.3) is 0 Å². The van der Waals surface area contributed by atoms with E-state index in [4.69, 9.17) is 19.3 Å². The summed E-state index contributed by atoms with van der Waals surface area (Å²) in [5.74, 6) is 1.87. The van der Waals surface area contributed by atoms with Gasteiger partial charge in [0, 0.05) is 36.2 Å². The number of carbonyl (C=O) groups excluding carboxylic acids is 1. The molecule has 0 radical (unpaired) electrons. The Bertz CT molecular complexity index is 978. The van der Waals surface area contributed by atoms with Crippen LogP contribution in [-0.2, 0) is 22.5 Å². The van der Waals surface area contributed by atoms with Crippen LogP contribution in [0.4, 0.5) is 0 Å². The molecule has 6 nitrogen and oxygen atoms in total. The van der Waals surface area contributed by atoms with E-state index in [2.05, 4.69) is 6.07 Å². The smallest absolute Gasteiger partial charge is 0.325 e. The Labute approximate surface area is 190 Å². The van der Waals surface area contributed by atoms with Gasteiger partial charge in [-0.1, -0.05) is 12.8 Å². The summed E-state index contributed by atoms with van der Waals surface area (Å²) in [6.45, 7) is 2.13. The minimum absolute atomic E-state index is 0.181. The molecule has 1 aliphatic heterocycles. The molecule has 0 unspecified atom stereocenters. The second-order valence-electron chi connectivity index (χ2n) is 9.36. The molecule has 0 bridgehead atoms. The number of ether oxygens (including phenoxy) is 2. The Kier molecular flexibility index (Phi) is 6.49. The van der Waals surface area contributed by atoms with Crippen molar-refractivity contribution in [3.63, 3.8) is 0 Å². The number of pyridine rings is 1. The van der Waals surface area contributed by atoms with Crippen LogP contribution in [-0.4, -0.2) is 42.8 Å². The molecule has 2 fully saturated rings. The van der Waals surface area contributed by atoms with Crippen molar-refractivity contribution < 1.29 is 19.1 Å². The maximum atomic E-state index is 12.0. The number of benzene rings is 1. The fraction of sp³-hybridized carbons (Fsp3) is 0.615. The summed E-state index contributed by atoms with van der Waals surface area (Å²) in [5.41, 5.74) is 5.31. The highest BCUT2D eigenvalue weighted by atomic mass is 16.7. The van der Waals surface area contributed by atoms with Crippen molar-refractivity contribution in [2.75, 3.05) is 26.8 Å². The number of aromatic nitrogens is 1. The molecule has 1 aromatic heterocycles.